The molecule has 0 aromatic heterocycles. The van der Waals surface area contributed by atoms with Gasteiger partial charge in [0.2, 0.25) is 0 Å². The molecule has 0 aliphatic heterocycles. The molecule has 7 heavy (non-hydrogen) atoms. The Kier molecular flexibility index (Phi) is 2.55. The summed E-state index contributed by atoms with van der Waals surface area (Å²) in [5.41, 5.74) is 5.00. The number of aliphatic hydroxyl groups excluding tert-OH is 1. The average Bonchev–Trinajstić information content (AvgIpc) is 1.65. The van der Waals surface area contributed by atoms with Gasteiger partial charge < -0.3 is 15.6 Å². The zero-order valence-corrected chi connectivity index (χ0v) is 4.16. The van der Waals surface area contributed by atoms with Crippen LogP contribution >= 0.6 is 0 Å². The summed E-state index contributed by atoms with van der Waals surface area (Å²) in [7, 11) is 0. The van der Waals surface area contributed by atoms with Crippen LogP contribution in [0.2, 0.25) is 0 Å². The molecule has 0 saturated carbocycles. The van der Waals surface area contributed by atoms with Gasteiger partial charge in [0.1, 0.15) is 6.29 Å². The maximum atomic E-state index is 9.66. The van der Waals surface area contributed by atoms with E-state index in [1.54, 1.807) is 0 Å². The molecule has 0 rings (SSSR count). The lowest BCUT2D eigenvalue weighted by Crippen LogP contribution is -2.33. The van der Waals surface area contributed by atoms with Crippen LogP contribution in [0, 0.1) is 0 Å². The van der Waals surface area contributed by atoms with Crippen molar-refractivity contribution in [2.45, 2.75) is 19.1 Å². The topological polar surface area (TPSA) is 63.3 Å². The van der Waals surface area contributed by atoms with Crippen molar-refractivity contribution in [1.82, 2.24) is 0 Å². The van der Waals surface area contributed by atoms with Gasteiger partial charge in [-0.15, -0.1) is 0 Å². The minimum absolute atomic E-state index is 0.519. The summed E-state index contributed by atoms with van der Waals surface area (Å²) in [6.45, 7) is 1.47. The first-order valence-corrected chi connectivity index (χ1v) is 2.07. The Hall–Kier alpha value is -0.410. The van der Waals surface area contributed by atoms with E-state index in [0.717, 1.165) is 0 Å². The summed E-state index contributed by atoms with van der Waals surface area (Å²) in [5.74, 6) is 0. The van der Waals surface area contributed by atoms with Crippen molar-refractivity contribution in [3.05, 3.63) is 0 Å². The maximum Gasteiger partial charge on any atom is 0.139 e. The van der Waals surface area contributed by atoms with E-state index >= 15 is 0 Å². The summed E-state index contributed by atoms with van der Waals surface area (Å²) >= 11 is 0. The molecule has 0 saturated heterocycles. The predicted molar refractivity (Wildman–Crippen MR) is 25.7 cm³/mol. The molecule has 0 aromatic rings. The van der Waals surface area contributed by atoms with Gasteiger partial charge >= 0.3 is 0 Å². The van der Waals surface area contributed by atoms with E-state index in [1.807, 2.05) is 0 Å². The lowest BCUT2D eigenvalue weighted by atomic mass is 10.2. The highest BCUT2D eigenvalue weighted by Gasteiger charge is 2.04. The molecule has 3 heteroatoms. The number of aliphatic hydroxyl groups is 1. The SMILES string of the molecule is CC(O)C(N)C=O. The number of hydrogen-bond donors (Lipinski definition) is 2. The highest BCUT2D eigenvalue weighted by Crippen LogP contribution is 1.80. The maximum absolute atomic E-state index is 9.66. The van der Waals surface area contributed by atoms with Gasteiger partial charge in [-0.25, -0.2) is 0 Å². The Bertz CT molecular complexity index is 62.7. The number of hydrogen-bond acceptors (Lipinski definition) is 3. The second kappa shape index (κ2) is 2.71. The van der Waals surface area contributed by atoms with Crippen molar-refractivity contribution in [3.8, 4) is 0 Å². The minimum Gasteiger partial charge on any atom is -0.391 e. The number of aldehydes is 1. The minimum atomic E-state index is -0.725. The number of rotatable bonds is 2. The van der Waals surface area contributed by atoms with E-state index in [9.17, 15) is 4.79 Å². The van der Waals surface area contributed by atoms with Crippen LogP contribution in [0.3, 0.4) is 0 Å². The van der Waals surface area contributed by atoms with Gasteiger partial charge in [0.25, 0.3) is 0 Å². The first-order valence-electron chi connectivity index (χ1n) is 2.07. The highest BCUT2D eigenvalue weighted by molar-refractivity contribution is 5.57. The number of carbonyl (C=O) groups excluding carboxylic acids is 1. The molecule has 0 fully saturated rings. The molecule has 0 aliphatic rings. The molecule has 0 aromatic carbocycles. The fourth-order valence-electron chi connectivity index (χ4n) is 0.114. The van der Waals surface area contributed by atoms with E-state index in [1.165, 1.54) is 6.92 Å². The lowest BCUT2D eigenvalue weighted by Gasteiger charge is -2.03. The van der Waals surface area contributed by atoms with Crippen molar-refractivity contribution in [2.75, 3.05) is 0 Å². The predicted octanol–water partition coefficient (Wildman–Crippen LogP) is -1.11. The molecular weight excluding hydrogens is 94.0 g/mol. The van der Waals surface area contributed by atoms with Crippen molar-refractivity contribution < 1.29 is 9.90 Å². The van der Waals surface area contributed by atoms with Crippen molar-refractivity contribution in [1.29, 1.82) is 0 Å². The van der Waals surface area contributed by atoms with Gasteiger partial charge in [0.15, 0.2) is 0 Å². The first kappa shape index (κ1) is 6.59. The molecule has 0 bridgehead atoms. The van der Waals surface area contributed by atoms with Crippen molar-refractivity contribution in [3.63, 3.8) is 0 Å². The molecule has 0 heterocycles. The van der Waals surface area contributed by atoms with Crippen LogP contribution in [0.4, 0.5) is 0 Å². The fraction of sp³-hybridized carbons (Fsp3) is 0.750. The lowest BCUT2D eigenvalue weighted by molar-refractivity contribution is -0.110. The quantitative estimate of drug-likeness (QED) is 0.436. The summed E-state index contributed by atoms with van der Waals surface area (Å²) in [6.07, 6.45) is -0.206. The van der Waals surface area contributed by atoms with Crippen LogP contribution in [-0.2, 0) is 4.79 Å². The van der Waals surface area contributed by atoms with E-state index in [0.29, 0.717) is 6.29 Å². The molecule has 42 valence electrons. The van der Waals surface area contributed by atoms with Gasteiger partial charge in [0, 0.05) is 0 Å². The highest BCUT2D eigenvalue weighted by atomic mass is 16.3. The van der Waals surface area contributed by atoms with Gasteiger partial charge in [-0.05, 0) is 6.92 Å². The standard InChI is InChI=1S/C4H9NO2/c1-3(7)4(5)2-6/h2-4,7H,5H2,1H3. The van der Waals surface area contributed by atoms with E-state index in [-0.39, 0.29) is 0 Å². The zero-order chi connectivity index (χ0) is 5.86. The third kappa shape index (κ3) is 2.31. The summed E-state index contributed by atoms with van der Waals surface area (Å²) in [4.78, 5) is 9.66. The van der Waals surface area contributed by atoms with E-state index in [4.69, 9.17) is 10.8 Å². The second-order valence-electron chi connectivity index (χ2n) is 1.45. The Labute approximate surface area is 42.1 Å². The fourth-order valence-corrected chi connectivity index (χ4v) is 0.114. The van der Waals surface area contributed by atoms with Crippen LogP contribution in [0.25, 0.3) is 0 Å². The van der Waals surface area contributed by atoms with Crippen LogP contribution < -0.4 is 5.73 Å². The Morgan fingerprint density at radius 3 is 2.29 bits per heavy atom. The van der Waals surface area contributed by atoms with Gasteiger partial charge in [-0.2, -0.15) is 0 Å². The molecule has 0 aliphatic carbocycles. The Morgan fingerprint density at radius 1 is 1.86 bits per heavy atom. The van der Waals surface area contributed by atoms with E-state index in [2.05, 4.69) is 0 Å². The Morgan fingerprint density at radius 2 is 2.29 bits per heavy atom. The molecular formula is C4H9NO2. The second-order valence-corrected chi connectivity index (χ2v) is 1.45. The molecule has 0 spiro atoms. The van der Waals surface area contributed by atoms with Gasteiger partial charge in [-0.1, -0.05) is 0 Å². The normalized spacial score (nSPS) is 18.1. The van der Waals surface area contributed by atoms with Gasteiger partial charge in [0.05, 0.1) is 12.1 Å². The summed E-state index contributed by atoms with van der Waals surface area (Å²) < 4.78 is 0. The molecule has 0 radical (unpaired) electrons. The van der Waals surface area contributed by atoms with Crippen LogP contribution in [0.1, 0.15) is 6.92 Å². The van der Waals surface area contributed by atoms with E-state index < -0.39 is 12.1 Å². The molecule has 0 amide bonds. The monoisotopic (exact) mass is 103 g/mol. The van der Waals surface area contributed by atoms with Crippen LogP contribution in [-0.4, -0.2) is 23.5 Å². The molecule has 3 nitrogen and oxygen atoms in total. The van der Waals surface area contributed by atoms with Crippen LogP contribution in [0.5, 0.6) is 0 Å². The number of nitrogens with two attached hydrogens (primary N) is 1. The summed E-state index contributed by atoms with van der Waals surface area (Å²) in [6, 6.07) is -0.722. The third-order valence-electron chi connectivity index (χ3n) is 0.714. The smallest absolute Gasteiger partial charge is 0.139 e. The first-order chi connectivity index (χ1) is 3.18. The average molecular weight is 103 g/mol. The molecule has 2 atom stereocenters. The third-order valence-corrected chi connectivity index (χ3v) is 0.714. The Balaban J connectivity index is 3.33. The van der Waals surface area contributed by atoms with Crippen molar-refractivity contribution >= 4 is 6.29 Å². The number of carbonyl (C=O) groups is 1. The van der Waals surface area contributed by atoms with Gasteiger partial charge in [-0.3, -0.25) is 0 Å². The largest absolute Gasteiger partial charge is 0.391 e. The van der Waals surface area contributed by atoms with Crippen molar-refractivity contribution in [2.24, 2.45) is 5.73 Å². The summed E-state index contributed by atoms with van der Waals surface area (Å²) in [5, 5.41) is 8.46. The molecule has 2 unspecified atom stereocenters. The molecule has 3 N–H and O–H groups in total. The van der Waals surface area contributed by atoms with Crippen LogP contribution in [0.15, 0.2) is 0 Å². The zero-order valence-electron chi connectivity index (χ0n) is 4.16.